The predicted octanol–water partition coefficient (Wildman–Crippen LogP) is 0.677. The Labute approximate surface area is 110 Å². The van der Waals surface area contributed by atoms with Crippen molar-refractivity contribution < 1.29 is 13.9 Å². The van der Waals surface area contributed by atoms with E-state index < -0.39 is 24.6 Å². The summed E-state index contributed by atoms with van der Waals surface area (Å²) >= 11 is 3.01. The SMILES string of the molecule is C#CCn1ncc(NCC(O)C(F)F)c(Br)c1=O. The number of nitrogens with zero attached hydrogens (tertiary/aromatic N) is 2. The molecule has 1 unspecified atom stereocenters. The lowest BCUT2D eigenvalue weighted by Crippen LogP contribution is -2.29. The van der Waals surface area contributed by atoms with Gasteiger partial charge in [0.25, 0.3) is 12.0 Å². The average Bonchev–Trinajstić information content (AvgIpc) is 2.33. The van der Waals surface area contributed by atoms with E-state index in [9.17, 15) is 13.6 Å². The molecule has 0 aliphatic carbocycles. The molecule has 1 atom stereocenters. The van der Waals surface area contributed by atoms with Crippen LogP contribution in [-0.2, 0) is 6.54 Å². The molecule has 0 aliphatic heterocycles. The van der Waals surface area contributed by atoms with Crippen LogP contribution in [0.3, 0.4) is 0 Å². The number of alkyl halides is 2. The van der Waals surface area contributed by atoms with E-state index in [1.807, 2.05) is 0 Å². The standard InChI is InChI=1S/C10H10BrF2N3O2/c1-2-3-16-10(18)8(11)6(4-15-16)14-5-7(17)9(12)13/h1,4,7,9,14,17H,3,5H2. The molecule has 0 aliphatic rings. The smallest absolute Gasteiger partial charge is 0.284 e. The summed E-state index contributed by atoms with van der Waals surface area (Å²) in [5.74, 6) is 2.26. The number of rotatable bonds is 5. The first-order valence-corrected chi connectivity index (χ1v) is 5.65. The summed E-state index contributed by atoms with van der Waals surface area (Å²) in [4.78, 5) is 11.7. The Bertz CT molecular complexity index is 513. The second kappa shape index (κ2) is 6.47. The van der Waals surface area contributed by atoms with Crippen molar-refractivity contribution in [2.75, 3.05) is 11.9 Å². The largest absolute Gasteiger partial charge is 0.385 e. The summed E-state index contributed by atoms with van der Waals surface area (Å²) < 4.78 is 25.3. The van der Waals surface area contributed by atoms with Crippen LogP contribution in [-0.4, -0.2) is 34.0 Å². The minimum Gasteiger partial charge on any atom is -0.385 e. The van der Waals surface area contributed by atoms with Gasteiger partial charge in [-0.3, -0.25) is 4.79 Å². The van der Waals surface area contributed by atoms with Gasteiger partial charge in [-0.25, -0.2) is 13.5 Å². The van der Waals surface area contributed by atoms with Crippen LogP contribution in [0.25, 0.3) is 0 Å². The first-order chi connectivity index (χ1) is 8.47. The quantitative estimate of drug-likeness (QED) is 0.783. The zero-order valence-corrected chi connectivity index (χ0v) is 10.7. The fraction of sp³-hybridized carbons (Fsp3) is 0.400. The van der Waals surface area contributed by atoms with Crippen LogP contribution in [0.2, 0.25) is 0 Å². The van der Waals surface area contributed by atoms with Gasteiger partial charge in [0.1, 0.15) is 17.1 Å². The Balaban J connectivity index is 2.83. The van der Waals surface area contributed by atoms with E-state index >= 15 is 0 Å². The van der Waals surface area contributed by atoms with E-state index in [4.69, 9.17) is 11.5 Å². The summed E-state index contributed by atoms with van der Waals surface area (Å²) in [7, 11) is 0. The van der Waals surface area contributed by atoms with Crippen molar-refractivity contribution in [1.29, 1.82) is 0 Å². The molecule has 0 amide bonds. The molecule has 0 saturated carbocycles. The highest BCUT2D eigenvalue weighted by molar-refractivity contribution is 9.10. The Morgan fingerprint density at radius 3 is 2.89 bits per heavy atom. The van der Waals surface area contributed by atoms with E-state index in [0.717, 1.165) is 4.68 Å². The van der Waals surface area contributed by atoms with Gasteiger partial charge in [0.15, 0.2) is 0 Å². The molecule has 2 N–H and O–H groups in total. The lowest BCUT2D eigenvalue weighted by atomic mass is 10.3. The van der Waals surface area contributed by atoms with Crippen LogP contribution in [0.5, 0.6) is 0 Å². The minimum absolute atomic E-state index is 0.0113. The molecule has 98 valence electrons. The topological polar surface area (TPSA) is 67.2 Å². The number of anilines is 1. The van der Waals surface area contributed by atoms with Crippen LogP contribution in [0.1, 0.15) is 0 Å². The van der Waals surface area contributed by atoms with Crippen molar-refractivity contribution >= 4 is 21.6 Å². The number of terminal acetylenes is 1. The Morgan fingerprint density at radius 2 is 2.33 bits per heavy atom. The van der Waals surface area contributed by atoms with E-state index in [0.29, 0.717) is 0 Å². The van der Waals surface area contributed by atoms with Gasteiger partial charge in [-0.2, -0.15) is 5.10 Å². The van der Waals surface area contributed by atoms with Crippen molar-refractivity contribution in [2.24, 2.45) is 0 Å². The van der Waals surface area contributed by atoms with Crippen LogP contribution in [0, 0.1) is 12.3 Å². The highest BCUT2D eigenvalue weighted by atomic mass is 79.9. The van der Waals surface area contributed by atoms with Gasteiger partial charge in [0.2, 0.25) is 0 Å². The highest BCUT2D eigenvalue weighted by Gasteiger charge is 2.17. The molecular formula is C10H10BrF2N3O2. The highest BCUT2D eigenvalue weighted by Crippen LogP contribution is 2.16. The summed E-state index contributed by atoms with van der Waals surface area (Å²) in [6.45, 7) is -0.381. The lowest BCUT2D eigenvalue weighted by molar-refractivity contribution is 0.00383. The monoisotopic (exact) mass is 321 g/mol. The van der Waals surface area contributed by atoms with Crippen molar-refractivity contribution in [1.82, 2.24) is 9.78 Å². The molecule has 1 aromatic heterocycles. The molecule has 1 rings (SSSR count). The number of aliphatic hydroxyl groups excluding tert-OH is 1. The van der Waals surface area contributed by atoms with Crippen molar-refractivity contribution in [3.63, 3.8) is 0 Å². The average molecular weight is 322 g/mol. The third kappa shape index (κ3) is 3.51. The molecular weight excluding hydrogens is 312 g/mol. The molecule has 0 radical (unpaired) electrons. The van der Waals surface area contributed by atoms with Crippen LogP contribution < -0.4 is 10.9 Å². The number of nitrogens with one attached hydrogen (secondary N) is 1. The first kappa shape index (κ1) is 14.6. The number of aromatic nitrogens is 2. The summed E-state index contributed by atoms with van der Waals surface area (Å²) in [5.41, 5.74) is -0.266. The van der Waals surface area contributed by atoms with E-state index in [-0.39, 0.29) is 16.7 Å². The fourth-order valence-corrected chi connectivity index (χ4v) is 1.54. The second-order valence-electron chi connectivity index (χ2n) is 3.32. The number of halogens is 3. The van der Waals surface area contributed by atoms with Gasteiger partial charge in [-0.05, 0) is 15.9 Å². The molecule has 0 bridgehead atoms. The van der Waals surface area contributed by atoms with E-state index in [2.05, 4.69) is 32.3 Å². The second-order valence-corrected chi connectivity index (χ2v) is 4.11. The third-order valence-electron chi connectivity index (χ3n) is 2.02. The van der Waals surface area contributed by atoms with Crippen molar-refractivity contribution in [3.8, 4) is 12.3 Å². The fourth-order valence-electron chi connectivity index (χ4n) is 1.09. The molecule has 1 aromatic rings. The predicted molar refractivity (Wildman–Crippen MR) is 65.5 cm³/mol. The van der Waals surface area contributed by atoms with E-state index in [1.54, 1.807) is 0 Å². The zero-order valence-electron chi connectivity index (χ0n) is 9.11. The summed E-state index contributed by atoms with van der Waals surface area (Å²) in [6, 6.07) is 0. The molecule has 0 saturated heterocycles. The molecule has 0 spiro atoms. The molecule has 8 heteroatoms. The van der Waals surface area contributed by atoms with Gasteiger partial charge in [0.05, 0.1) is 11.9 Å². The van der Waals surface area contributed by atoms with Gasteiger partial charge in [-0.1, -0.05) is 5.92 Å². The molecule has 1 heterocycles. The zero-order chi connectivity index (χ0) is 13.7. The Kier molecular flexibility index (Phi) is 5.25. The molecule has 0 aromatic carbocycles. The normalized spacial score (nSPS) is 12.2. The van der Waals surface area contributed by atoms with Gasteiger partial charge >= 0.3 is 0 Å². The van der Waals surface area contributed by atoms with Crippen LogP contribution in [0.15, 0.2) is 15.5 Å². The van der Waals surface area contributed by atoms with Gasteiger partial charge in [-0.15, -0.1) is 6.42 Å². The van der Waals surface area contributed by atoms with Crippen LogP contribution in [0.4, 0.5) is 14.5 Å². The molecule has 0 fully saturated rings. The van der Waals surface area contributed by atoms with Crippen molar-refractivity contribution in [2.45, 2.75) is 19.1 Å². The minimum atomic E-state index is -2.86. The van der Waals surface area contributed by atoms with Gasteiger partial charge in [0, 0.05) is 6.54 Å². The summed E-state index contributed by atoms with van der Waals surface area (Å²) in [6.07, 6.45) is 1.65. The van der Waals surface area contributed by atoms with Crippen molar-refractivity contribution in [3.05, 3.63) is 21.0 Å². The first-order valence-electron chi connectivity index (χ1n) is 4.86. The third-order valence-corrected chi connectivity index (χ3v) is 2.78. The molecule has 18 heavy (non-hydrogen) atoms. The number of hydrogen-bond donors (Lipinski definition) is 2. The maximum absolute atomic E-state index is 12.1. The number of hydrogen-bond acceptors (Lipinski definition) is 4. The Hall–Kier alpha value is -1.46. The number of aliphatic hydroxyl groups is 1. The molecule has 5 nitrogen and oxygen atoms in total. The van der Waals surface area contributed by atoms with Crippen LogP contribution >= 0.6 is 15.9 Å². The maximum atomic E-state index is 12.1. The Morgan fingerprint density at radius 1 is 1.67 bits per heavy atom. The lowest BCUT2D eigenvalue weighted by Gasteiger charge is -2.12. The summed E-state index contributed by atoms with van der Waals surface area (Å²) in [5, 5.41) is 15.2. The maximum Gasteiger partial charge on any atom is 0.284 e. The van der Waals surface area contributed by atoms with E-state index in [1.165, 1.54) is 6.20 Å². The van der Waals surface area contributed by atoms with Gasteiger partial charge < -0.3 is 10.4 Å².